The summed E-state index contributed by atoms with van der Waals surface area (Å²) in [5, 5.41) is 4.72. The second-order valence-corrected chi connectivity index (χ2v) is 8.27. The fraction of sp³-hybridized carbons (Fsp3) is 0.550. The molecule has 29 heavy (non-hydrogen) atoms. The summed E-state index contributed by atoms with van der Waals surface area (Å²) in [6.45, 7) is 1.94. The number of hydrogen-bond donors (Lipinski definition) is 1. The van der Waals surface area contributed by atoms with E-state index in [1.807, 2.05) is 6.92 Å². The molecular formula is C20H22F2N6O. The zero-order valence-electron chi connectivity index (χ0n) is 16.1. The van der Waals surface area contributed by atoms with E-state index in [0.29, 0.717) is 29.7 Å². The molecule has 152 valence electrons. The Morgan fingerprint density at radius 3 is 2.41 bits per heavy atom. The van der Waals surface area contributed by atoms with Crippen molar-refractivity contribution < 1.29 is 8.78 Å². The van der Waals surface area contributed by atoms with E-state index in [4.69, 9.17) is 4.98 Å². The SMILES string of the molecule is Cc1cnc([C@H]2CC[C@H]2c2nc3c(cnn3C3CCC(F)(F)CC3)c(=O)[nH]2)nc1. The molecule has 0 bridgehead atoms. The van der Waals surface area contributed by atoms with Crippen LogP contribution >= 0.6 is 0 Å². The maximum absolute atomic E-state index is 13.5. The predicted octanol–water partition coefficient (Wildman–Crippen LogP) is 3.63. The van der Waals surface area contributed by atoms with Crippen LogP contribution in [0.3, 0.4) is 0 Å². The number of hydrogen-bond acceptors (Lipinski definition) is 5. The zero-order chi connectivity index (χ0) is 20.2. The van der Waals surface area contributed by atoms with Crippen LogP contribution in [-0.4, -0.2) is 35.6 Å². The number of aryl methyl sites for hydroxylation is 1. The smallest absolute Gasteiger partial charge is 0.262 e. The monoisotopic (exact) mass is 400 g/mol. The van der Waals surface area contributed by atoms with Crippen LogP contribution in [0.5, 0.6) is 0 Å². The molecule has 7 nitrogen and oxygen atoms in total. The standard InChI is InChI=1S/C20H22F2N6O/c1-11-8-23-16(24-9-11)13-2-3-14(13)17-26-18-15(19(29)27-17)10-25-28(18)12-4-6-20(21,22)7-5-12/h8-10,12-14H,2-7H2,1H3,(H,26,27,29)/t13-,14+/m0/s1. The predicted molar refractivity (Wildman–Crippen MR) is 102 cm³/mol. The fourth-order valence-corrected chi connectivity index (χ4v) is 4.40. The second-order valence-electron chi connectivity index (χ2n) is 8.27. The number of nitrogens with one attached hydrogen (secondary N) is 1. The Balaban J connectivity index is 1.48. The summed E-state index contributed by atoms with van der Waals surface area (Å²) >= 11 is 0. The number of rotatable bonds is 3. The topological polar surface area (TPSA) is 89.4 Å². The van der Waals surface area contributed by atoms with Gasteiger partial charge in [0.15, 0.2) is 5.65 Å². The maximum Gasteiger partial charge on any atom is 0.262 e. The van der Waals surface area contributed by atoms with Gasteiger partial charge < -0.3 is 4.98 Å². The lowest BCUT2D eigenvalue weighted by molar-refractivity contribution is -0.0446. The Kier molecular flexibility index (Phi) is 4.22. The van der Waals surface area contributed by atoms with E-state index in [2.05, 4.69) is 20.1 Å². The van der Waals surface area contributed by atoms with Gasteiger partial charge in [-0.15, -0.1) is 0 Å². The number of aromatic amines is 1. The molecule has 3 aromatic rings. The Hall–Kier alpha value is -2.71. The number of halogens is 2. The summed E-state index contributed by atoms with van der Waals surface area (Å²) in [4.78, 5) is 29.1. The fourth-order valence-electron chi connectivity index (χ4n) is 4.40. The number of H-pyrrole nitrogens is 1. The van der Waals surface area contributed by atoms with Crippen LogP contribution in [0.4, 0.5) is 8.78 Å². The number of fused-ring (bicyclic) bond motifs is 1. The first kappa shape index (κ1) is 18.3. The molecule has 2 aliphatic carbocycles. The number of aromatic nitrogens is 6. The lowest BCUT2D eigenvalue weighted by Gasteiger charge is -2.34. The summed E-state index contributed by atoms with van der Waals surface area (Å²) < 4.78 is 28.7. The molecule has 0 aliphatic heterocycles. The molecule has 3 aromatic heterocycles. The Morgan fingerprint density at radius 2 is 1.76 bits per heavy atom. The summed E-state index contributed by atoms with van der Waals surface area (Å²) in [5.74, 6) is -1.10. The highest BCUT2D eigenvalue weighted by atomic mass is 19.3. The van der Waals surface area contributed by atoms with Gasteiger partial charge in [-0.1, -0.05) is 0 Å². The van der Waals surface area contributed by atoms with Crippen LogP contribution in [0.1, 0.15) is 73.6 Å². The molecule has 0 unspecified atom stereocenters. The molecule has 5 rings (SSSR count). The first-order valence-corrected chi connectivity index (χ1v) is 10.0. The van der Waals surface area contributed by atoms with Crippen molar-refractivity contribution in [2.24, 2.45) is 0 Å². The molecule has 0 radical (unpaired) electrons. The Morgan fingerprint density at radius 1 is 1.07 bits per heavy atom. The minimum atomic E-state index is -2.61. The van der Waals surface area contributed by atoms with E-state index in [1.165, 1.54) is 6.20 Å². The molecule has 0 saturated heterocycles. The summed E-state index contributed by atoms with van der Waals surface area (Å²) in [6, 6.07) is -0.160. The van der Waals surface area contributed by atoms with Gasteiger partial charge in [-0.2, -0.15) is 5.10 Å². The average molecular weight is 400 g/mol. The van der Waals surface area contributed by atoms with Crippen LogP contribution in [0.15, 0.2) is 23.4 Å². The van der Waals surface area contributed by atoms with Gasteiger partial charge in [0.05, 0.1) is 12.2 Å². The molecule has 0 spiro atoms. The van der Waals surface area contributed by atoms with Crippen LogP contribution in [-0.2, 0) is 0 Å². The third-order valence-electron chi connectivity index (χ3n) is 6.27. The second kappa shape index (κ2) is 6.67. The van der Waals surface area contributed by atoms with E-state index < -0.39 is 5.92 Å². The molecule has 0 aromatic carbocycles. The number of nitrogens with zero attached hydrogens (tertiary/aromatic N) is 5. The van der Waals surface area contributed by atoms with Gasteiger partial charge in [0.1, 0.15) is 17.0 Å². The van der Waals surface area contributed by atoms with Crippen molar-refractivity contribution in [3.63, 3.8) is 0 Å². The maximum atomic E-state index is 13.5. The largest absolute Gasteiger partial charge is 0.310 e. The summed E-state index contributed by atoms with van der Waals surface area (Å²) in [5.41, 5.74) is 1.24. The van der Waals surface area contributed by atoms with Gasteiger partial charge in [-0.3, -0.25) is 4.79 Å². The molecule has 9 heteroatoms. The van der Waals surface area contributed by atoms with Crippen molar-refractivity contribution in [3.8, 4) is 0 Å². The highest BCUT2D eigenvalue weighted by Gasteiger charge is 2.39. The Bertz CT molecular complexity index is 1100. The quantitative estimate of drug-likeness (QED) is 0.725. The van der Waals surface area contributed by atoms with Crippen molar-refractivity contribution in [1.82, 2.24) is 29.7 Å². The molecule has 2 atom stereocenters. The van der Waals surface area contributed by atoms with Crippen molar-refractivity contribution in [2.45, 2.75) is 69.2 Å². The molecule has 3 heterocycles. The minimum absolute atomic E-state index is 0.0360. The van der Waals surface area contributed by atoms with Crippen molar-refractivity contribution >= 4 is 11.0 Å². The lowest BCUT2D eigenvalue weighted by atomic mass is 9.72. The van der Waals surface area contributed by atoms with E-state index in [-0.39, 0.29) is 36.3 Å². The zero-order valence-corrected chi connectivity index (χ0v) is 16.1. The van der Waals surface area contributed by atoms with Crippen LogP contribution in [0, 0.1) is 6.92 Å². The molecule has 2 fully saturated rings. The molecule has 2 saturated carbocycles. The summed E-state index contributed by atoms with van der Waals surface area (Å²) in [6.07, 6.45) is 7.24. The van der Waals surface area contributed by atoms with Gasteiger partial charge >= 0.3 is 0 Å². The normalized spacial score (nSPS) is 24.5. The van der Waals surface area contributed by atoms with Crippen molar-refractivity contribution in [1.29, 1.82) is 0 Å². The average Bonchev–Trinajstić information content (AvgIpc) is 3.07. The van der Waals surface area contributed by atoms with Crippen molar-refractivity contribution in [3.05, 3.63) is 46.2 Å². The molecule has 0 amide bonds. The third-order valence-corrected chi connectivity index (χ3v) is 6.27. The van der Waals surface area contributed by atoms with E-state index in [0.717, 1.165) is 24.2 Å². The van der Waals surface area contributed by atoms with Crippen LogP contribution < -0.4 is 5.56 Å². The molecule has 2 aliphatic rings. The highest BCUT2D eigenvalue weighted by Crippen LogP contribution is 2.46. The first-order valence-electron chi connectivity index (χ1n) is 10.0. The lowest BCUT2D eigenvalue weighted by Crippen LogP contribution is -2.29. The van der Waals surface area contributed by atoms with Gasteiger partial charge in [-0.25, -0.2) is 28.4 Å². The van der Waals surface area contributed by atoms with E-state index in [1.54, 1.807) is 17.1 Å². The van der Waals surface area contributed by atoms with Gasteiger partial charge in [0.25, 0.3) is 5.56 Å². The highest BCUT2D eigenvalue weighted by molar-refractivity contribution is 5.73. The van der Waals surface area contributed by atoms with Gasteiger partial charge in [0.2, 0.25) is 5.92 Å². The Labute approximate surface area is 165 Å². The van der Waals surface area contributed by atoms with Crippen molar-refractivity contribution in [2.75, 3.05) is 0 Å². The minimum Gasteiger partial charge on any atom is -0.310 e. The first-order chi connectivity index (χ1) is 13.9. The summed E-state index contributed by atoms with van der Waals surface area (Å²) in [7, 11) is 0. The third kappa shape index (κ3) is 3.22. The van der Waals surface area contributed by atoms with E-state index in [9.17, 15) is 13.6 Å². The van der Waals surface area contributed by atoms with Crippen LogP contribution in [0.2, 0.25) is 0 Å². The number of alkyl halides is 2. The van der Waals surface area contributed by atoms with Crippen LogP contribution in [0.25, 0.3) is 11.0 Å². The molecular weight excluding hydrogens is 378 g/mol. The van der Waals surface area contributed by atoms with Gasteiger partial charge in [-0.05, 0) is 38.2 Å². The van der Waals surface area contributed by atoms with Gasteiger partial charge in [0, 0.05) is 37.1 Å². The molecule has 1 N–H and O–H groups in total. The van der Waals surface area contributed by atoms with E-state index >= 15 is 0 Å².